The van der Waals surface area contributed by atoms with Crippen molar-refractivity contribution >= 4 is 34.1 Å². The second kappa shape index (κ2) is 12.3. The van der Waals surface area contributed by atoms with Gasteiger partial charge in [-0.25, -0.2) is 4.99 Å². The number of halogens is 1. The van der Waals surface area contributed by atoms with E-state index < -0.39 is 0 Å². The van der Waals surface area contributed by atoms with Crippen molar-refractivity contribution in [2.45, 2.75) is 55.4 Å². The Bertz CT molecular complexity index is 839. The zero-order valence-corrected chi connectivity index (χ0v) is 19.2. The molecule has 5 heteroatoms. The van der Waals surface area contributed by atoms with E-state index >= 15 is 0 Å². The summed E-state index contributed by atoms with van der Waals surface area (Å²) in [5.41, 5.74) is 9.17. The Balaban J connectivity index is 0.000000478. The second-order valence-electron chi connectivity index (χ2n) is 6.76. The lowest BCUT2D eigenvalue weighted by Crippen LogP contribution is -2.07. The van der Waals surface area contributed by atoms with Gasteiger partial charge in [0.25, 0.3) is 0 Å². The van der Waals surface area contributed by atoms with Crippen LogP contribution in [0.2, 0.25) is 0 Å². The van der Waals surface area contributed by atoms with Gasteiger partial charge >= 0.3 is 0 Å². The van der Waals surface area contributed by atoms with Crippen LogP contribution in [0.25, 0.3) is 0 Å². The predicted molar refractivity (Wildman–Crippen MR) is 122 cm³/mol. The summed E-state index contributed by atoms with van der Waals surface area (Å²) in [6.45, 7) is 15.6. The molecule has 0 aromatic heterocycles. The van der Waals surface area contributed by atoms with E-state index in [1.165, 1.54) is 34.7 Å². The van der Waals surface area contributed by atoms with Crippen LogP contribution in [-0.2, 0) is 4.79 Å². The van der Waals surface area contributed by atoms with Crippen LogP contribution in [0.1, 0.15) is 47.2 Å². The number of rotatable bonds is 2. The van der Waals surface area contributed by atoms with Gasteiger partial charge in [0.05, 0.1) is 5.69 Å². The number of aliphatic hydroxyl groups excluding tert-OH is 1. The number of nitrogens with one attached hydrogen (secondary N) is 1. The number of benzene rings is 2. The highest BCUT2D eigenvalue weighted by atomic mass is 35.5. The fraction of sp³-hybridized carbons (Fsp3) is 0.391. The Hall–Kier alpha value is -2.17. The van der Waals surface area contributed by atoms with Crippen LogP contribution in [0.5, 0.6) is 0 Å². The summed E-state index contributed by atoms with van der Waals surface area (Å²) in [6, 6.07) is 8.29. The lowest BCUT2D eigenvalue weighted by Gasteiger charge is -2.09. The zero-order chi connectivity index (χ0) is 22.0. The molecule has 0 saturated carbocycles. The molecule has 2 aromatic rings. The molecule has 154 valence electrons. The smallest absolute Gasteiger partial charge is 0.221 e. The third-order valence-corrected chi connectivity index (χ3v) is 4.32. The molecule has 28 heavy (non-hydrogen) atoms. The normalized spacial score (nSPS) is 10.3. The van der Waals surface area contributed by atoms with Gasteiger partial charge in [0, 0.05) is 19.7 Å². The molecule has 0 radical (unpaired) electrons. The van der Waals surface area contributed by atoms with Crippen molar-refractivity contribution in [2.75, 3.05) is 12.4 Å². The molecule has 0 unspecified atom stereocenters. The third kappa shape index (κ3) is 8.68. The van der Waals surface area contributed by atoms with Crippen LogP contribution in [0.4, 0.5) is 11.4 Å². The third-order valence-electron chi connectivity index (χ3n) is 4.24. The molecular formula is C23H33ClN2O2. The van der Waals surface area contributed by atoms with Crippen LogP contribution in [0.15, 0.2) is 29.3 Å². The lowest BCUT2D eigenvalue weighted by molar-refractivity contribution is -0.114. The largest absolute Gasteiger partial charge is 0.400 e. The van der Waals surface area contributed by atoms with Crippen molar-refractivity contribution in [1.82, 2.24) is 0 Å². The lowest BCUT2D eigenvalue weighted by atomic mass is 10.1. The highest BCUT2D eigenvalue weighted by molar-refractivity contribution is 6.65. The molecule has 0 heterocycles. The SMILES string of the molecule is CC(=O)Nc1cc(C)c(C)cc1C.CC(Cl)=Nc1cc(C)c(C)cc1C.CO. The summed E-state index contributed by atoms with van der Waals surface area (Å²) >= 11 is 5.73. The zero-order valence-electron chi connectivity index (χ0n) is 18.5. The summed E-state index contributed by atoms with van der Waals surface area (Å²) in [7, 11) is 1.00. The van der Waals surface area contributed by atoms with Crippen LogP contribution < -0.4 is 5.32 Å². The van der Waals surface area contributed by atoms with Gasteiger partial charge in [-0.05, 0) is 94.0 Å². The molecule has 0 saturated heterocycles. The fourth-order valence-electron chi connectivity index (χ4n) is 2.52. The Morgan fingerprint density at radius 3 is 1.68 bits per heavy atom. The summed E-state index contributed by atoms with van der Waals surface area (Å²) in [5, 5.41) is 10.4. The van der Waals surface area contributed by atoms with Gasteiger partial charge in [-0.15, -0.1) is 0 Å². The Labute approximate surface area is 174 Å². The molecule has 0 aliphatic carbocycles. The predicted octanol–water partition coefficient (Wildman–Crippen LogP) is 6.08. The van der Waals surface area contributed by atoms with Crippen LogP contribution in [0, 0.1) is 41.5 Å². The maximum atomic E-state index is 10.9. The summed E-state index contributed by atoms with van der Waals surface area (Å²) < 4.78 is 0. The minimum absolute atomic E-state index is 0.0219. The number of hydrogen-bond donors (Lipinski definition) is 2. The van der Waals surface area contributed by atoms with Gasteiger partial charge < -0.3 is 10.4 Å². The van der Waals surface area contributed by atoms with Gasteiger partial charge in [-0.1, -0.05) is 23.7 Å². The van der Waals surface area contributed by atoms with Gasteiger partial charge in [0.1, 0.15) is 5.17 Å². The standard InChI is InChI=1S/C11H14ClN.C11H15NO.CH4O/c1-7-5-9(3)11(6-8(7)2)13-10(4)12;1-7-5-9(3)11(6-8(7)2)12-10(4)13;1-2/h5-6H,1-4H3;5-6H,1-4H3,(H,12,13);2H,1H3. The molecule has 0 aliphatic heterocycles. The average Bonchev–Trinajstić information content (AvgIpc) is 2.59. The molecule has 1 amide bonds. The quantitative estimate of drug-likeness (QED) is 0.596. The fourth-order valence-corrected chi connectivity index (χ4v) is 2.61. The topological polar surface area (TPSA) is 61.7 Å². The maximum Gasteiger partial charge on any atom is 0.221 e. The van der Waals surface area contributed by atoms with Crippen molar-refractivity contribution in [1.29, 1.82) is 0 Å². The molecule has 4 nitrogen and oxygen atoms in total. The molecule has 0 aliphatic rings. The van der Waals surface area contributed by atoms with Crippen molar-refractivity contribution in [3.05, 3.63) is 57.6 Å². The van der Waals surface area contributed by atoms with E-state index in [1.54, 1.807) is 6.92 Å². The van der Waals surface area contributed by atoms with Gasteiger partial charge in [0.2, 0.25) is 5.91 Å². The Kier molecular flexibility index (Phi) is 11.4. The number of aliphatic imine (C=N–C) groups is 1. The van der Waals surface area contributed by atoms with Gasteiger partial charge in [-0.3, -0.25) is 4.79 Å². The van der Waals surface area contributed by atoms with Crippen LogP contribution in [0.3, 0.4) is 0 Å². The summed E-state index contributed by atoms with van der Waals surface area (Å²) in [5.74, 6) is -0.0219. The number of carbonyl (C=O) groups excluding carboxylic acids is 1. The molecule has 2 N–H and O–H groups in total. The number of anilines is 1. The van der Waals surface area contributed by atoms with Crippen molar-refractivity contribution in [3.63, 3.8) is 0 Å². The van der Waals surface area contributed by atoms with Crippen LogP contribution >= 0.6 is 11.6 Å². The molecule has 0 bridgehead atoms. The van der Waals surface area contributed by atoms with Gasteiger partial charge in [-0.2, -0.15) is 0 Å². The molecule has 0 atom stereocenters. The first-order valence-electron chi connectivity index (χ1n) is 9.10. The second-order valence-corrected chi connectivity index (χ2v) is 7.31. The van der Waals surface area contributed by atoms with E-state index in [2.05, 4.69) is 49.3 Å². The maximum absolute atomic E-state index is 10.9. The molecule has 0 fully saturated rings. The Morgan fingerprint density at radius 1 is 0.786 bits per heavy atom. The number of aliphatic hydroxyl groups is 1. The van der Waals surface area contributed by atoms with E-state index in [0.29, 0.717) is 5.17 Å². The Morgan fingerprint density at radius 2 is 1.21 bits per heavy atom. The van der Waals surface area contributed by atoms with Gasteiger partial charge in [0.15, 0.2) is 0 Å². The average molecular weight is 405 g/mol. The number of carbonyl (C=O) groups is 1. The summed E-state index contributed by atoms with van der Waals surface area (Å²) in [6.07, 6.45) is 0. The first kappa shape index (κ1) is 25.8. The van der Waals surface area contributed by atoms with Crippen molar-refractivity contribution in [2.24, 2.45) is 4.99 Å². The number of nitrogens with zero attached hydrogens (tertiary/aromatic N) is 1. The van der Waals surface area contributed by atoms with Crippen molar-refractivity contribution < 1.29 is 9.90 Å². The van der Waals surface area contributed by atoms with E-state index in [4.69, 9.17) is 16.7 Å². The van der Waals surface area contributed by atoms with E-state index in [0.717, 1.165) is 24.0 Å². The highest BCUT2D eigenvalue weighted by Crippen LogP contribution is 2.23. The van der Waals surface area contributed by atoms with E-state index in [-0.39, 0.29) is 5.91 Å². The first-order chi connectivity index (χ1) is 13.0. The molecule has 0 spiro atoms. The van der Waals surface area contributed by atoms with E-state index in [9.17, 15) is 4.79 Å². The minimum atomic E-state index is -0.0219. The highest BCUT2D eigenvalue weighted by Gasteiger charge is 2.02. The molecular weight excluding hydrogens is 372 g/mol. The van der Waals surface area contributed by atoms with E-state index in [1.807, 2.05) is 26.8 Å². The molecule has 2 aromatic carbocycles. The minimum Gasteiger partial charge on any atom is -0.400 e. The summed E-state index contributed by atoms with van der Waals surface area (Å²) in [4.78, 5) is 15.1. The van der Waals surface area contributed by atoms with Crippen molar-refractivity contribution in [3.8, 4) is 0 Å². The van der Waals surface area contributed by atoms with Crippen LogP contribution in [-0.4, -0.2) is 23.3 Å². The number of hydrogen-bond acceptors (Lipinski definition) is 3. The monoisotopic (exact) mass is 404 g/mol. The molecule has 2 rings (SSSR count). The first-order valence-corrected chi connectivity index (χ1v) is 9.47. The number of aryl methyl sites for hydroxylation is 6. The number of amides is 1.